The van der Waals surface area contributed by atoms with Crippen molar-refractivity contribution in [3.63, 3.8) is 0 Å². The van der Waals surface area contributed by atoms with Gasteiger partial charge in [0.05, 0.1) is 6.26 Å². The van der Waals surface area contributed by atoms with E-state index in [4.69, 9.17) is 9.47 Å². The standard InChI is InChI=1S/C12H12O3/c1-2-12(13)15-10-5-6-11-9(8-10)4-3-7-14-11/h3,5-8H,2,4H2,1H3. The summed E-state index contributed by atoms with van der Waals surface area (Å²) < 4.78 is 10.4. The van der Waals surface area contributed by atoms with E-state index in [0.717, 1.165) is 17.7 Å². The summed E-state index contributed by atoms with van der Waals surface area (Å²) >= 11 is 0. The zero-order valence-electron chi connectivity index (χ0n) is 8.53. The fourth-order valence-corrected chi connectivity index (χ4v) is 1.39. The molecule has 0 atom stereocenters. The highest BCUT2D eigenvalue weighted by molar-refractivity contribution is 5.72. The van der Waals surface area contributed by atoms with Gasteiger partial charge in [0, 0.05) is 12.0 Å². The number of hydrogen-bond donors (Lipinski definition) is 0. The van der Waals surface area contributed by atoms with E-state index in [1.807, 2.05) is 18.2 Å². The fourth-order valence-electron chi connectivity index (χ4n) is 1.39. The Kier molecular flexibility index (Phi) is 2.72. The number of fused-ring (bicyclic) bond motifs is 1. The Labute approximate surface area is 88.3 Å². The first kappa shape index (κ1) is 9.77. The minimum atomic E-state index is -0.220. The maximum Gasteiger partial charge on any atom is 0.310 e. The molecule has 0 amide bonds. The van der Waals surface area contributed by atoms with Crippen molar-refractivity contribution in [1.29, 1.82) is 0 Å². The predicted molar refractivity (Wildman–Crippen MR) is 55.8 cm³/mol. The molecule has 0 aliphatic carbocycles. The molecule has 1 heterocycles. The second kappa shape index (κ2) is 4.17. The summed E-state index contributed by atoms with van der Waals surface area (Å²) in [6.45, 7) is 1.77. The highest BCUT2D eigenvalue weighted by atomic mass is 16.5. The third kappa shape index (κ3) is 2.18. The van der Waals surface area contributed by atoms with E-state index >= 15 is 0 Å². The molecule has 0 aromatic heterocycles. The molecule has 0 bridgehead atoms. The molecular formula is C12H12O3. The largest absolute Gasteiger partial charge is 0.465 e. The van der Waals surface area contributed by atoms with Crippen LogP contribution < -0.4 is 9.47 Å². The average Bonchev–Trinajstić information content (AvgIpc) is 2.29. The molecule has 0 spiro atoms. The number of esters is 1. The maximum atomic E-state index is 11.1. The molecule has 1 aromatic carbocycles. The zero-order chi connectivity index (χ0) is 10.7. The van der Waals surface area contributed by atoms with Gasteiger partial charge in [-0.05, 0) is 30.7 Å². The lowest BCUT2D eigenvalue weighted by Gasteiger charge is -2.12. The third-order valence-corrected chi connectivity index (χ3v) is 2.18. The van der Waals surface area contributed by atoms with Crippen molar-refractivity contribution in [2.24, 2.45) is 0 Å². The van der Waals surface area contributed by atoms with Gasteiger partial charge in [0.25, 0.3) is 0 Å². The Morgan fingerprint density at radius 2 is 2.40 bits per heavy atom. The summed E-state index contributed by atoms with van der Waals surface area (Å²) in [4.78, 5) is 11.1. The summed E-state index contributed by atoms with van der Waals surface area (Å²) in [5.41, 5.74) is 1.04. The highest BCUT2D eigenvalue weighted by Crippen LogP contribution is 2.27. The number of allylic oxidation sites excluding steroid dienone is 1. The van der Waals surface area contributed by atoms with Crippen molar-refractivity contribution in [2.75, 3.05) is 0 Å². The van der Waals surface area contributed by atoms with Crippen LogP contribution in [0.5, 0.6) is 11.5 Å². The van der Waals surface area contributed by atoms with Gasteiger partial charge in [-0.1, -0.05) is 6.92 Å². The molecule has 3 nitrogen and oxygen atoms in total. The van der Waals surface area contributed by atoms with Crippen LogP contribution in [0.3, 0.4) is 0 Å². The quantitative estimate of drug-likeness (QED) is 0.548. The van der Waals surface area contributed by atoms with Gasteiger partial charge in [0.1, 0.15) is 11.5 Å². The first-order chi connectivity index (χ1) is 7.29. The lowest BCUT2D eigenvalue weighted by molar-refractivity contribution is -0.134. The van der Waals surface area contributed by atoms with Gasteiger partial charge in [-0.25, -0.2) is 0 Å². The van der Waals surface area contributed by atoms with Crippen LogP contribution in [0.1, 0.15) is 18.9 Å². The Morgan fingerprint density at radius 1 is 1.53 bits per heavy atom. The molecular weight excluding hydrogens is 192 g/mol. The molecule has 0 radical (unpaired) electrons. The molecule has 2 rings (SSSR count). The van der Waals surface area contributed by atoms with E-state index in [2.05, 4.69) is 0 Å². The minimum Gasteiger partial charge on any atom is -0.465 e. The van der Waals surface area contributed by atoms with Gasteiger partial charge < -0.3 is 9.47 Å². The summed E-state index contributed by atoms with van der Waals surface area (Å²) in [6.07, 6.45) is 4.79. The molecule has 78 valence electrons. The number of ether oxygens (including phenoxy) is 2. The molecule has 1 aromatic rings. The van der Waals surface area contributed by atoms with Crippen molar-refractivity contribution in [3.05, 3.63) is 36.1 Å². The number of hydrogen-bond acceptors (Lipinski definition) is 3. The zero-order valence-corrected chi connectivity index (χ0v) is 8.53. The lowest BCUT2D eigenvalue weighted by Crippen LogP contribution is -2.06. The van der Waals surface area contributed by atoms with Crippen LogP contribution in [0.15, 0.2) is 30.5 Å². The Bertz CT molecular complexity index is 407. The lowest BCUT2D eigenvalue weighted by atomic mass is 10.1. The predicted octanol–water partition coefficient (Wildman–Crippen LogP) is 2.45. The van der Waals surface area contributed by atoms with E-state index in [1.165, 1.54) is 0 Å². The van der Waals surface area contributed by atoms with Gasteiger partial charge in [-0.15, -0.1) is 0 Å². The van der Waals surface area contributed by atoms with Crippen molar-refractivity contribution < 1.29 is 14.3 Å². The maximum absolute atomic E-state index is 11.1. The van der Waals surface area contributed by atoms with Crippen LogP contribution in [-0.2, 0) is 11.2 Å². The number of carbonyl (C=O) groups excluding carboxylic acids is 1. The van der Waals surface area contributed by atoms with Crippen molar-refractivity contribution in [3.8, 4) is 11.5 Å². The van der Waals surface area contributed by atoms with E-state index in [9.17, 15) is 4.79 Å². The van der Waals surface area contributed by atoms with E-state index < -0.39 is 0 Å². The van der Waals surface area contributed by atoms with Gasteiger partial charge in [-0.2, -0.15) is 0 Å². The first-order valence-electron chi connectivity index (χ1n) is 4.95. The number of rotatable bonds is 2. The summed E-state index contributed by atoms with van der Waals surface area (Å²) in [7, 11) is 0. The SMILES string of the molecule is CCC(=O)Oc1ccc2c(c1)CC=CO2. The Hall–Kier alpha value is -1.77. The van der Waals surface area contributed by atoms with E-state index in [0.29, 0.717) is 12.2 Å². The van der Waals surface area contributed by atoms with E-state index in [-0.39, 0.29) is 5.97 Å². The molecule has 15 heavy (non-hydrogen) atoms. The monoisotopic (exact) mass is 204 g/mol. The van der Waals surface area contributed by atoms with Gasteiger partial charge in [0.2, 0.25) is 0 Å². The summed E-state index contributed by atoms with van der Waals surface area (Å²) in [6, 6.07) is 5.40. The van der Waals surface area contributed by atoms with Crippen LogP contribution >= 0.6 is 0 Å². The molecule has 0 saturated carbocycles. The van der Waals surface area contributed by atoms with Gasteiger partial charge in [-0.3, -0.25) is 4.79 Å². The molecule has 0 saturated heterocycles. The first-order valence-corrected chi connectivity index (χ1v) is 4.95. The van der Waals surface area contributed by atoms with E-state index in [1.54, 1.807) is 19.3 Å². The van der Waals surface area contributed by atoms with Crippen LogP contribution in [0.4, 0.5) is 0 Å². The van der Waals surface area contributed by atoms with Crippen LogP contribution in [0, 0.1) is 0 Å². The highest BCUT2D eigenvalue weighted by Gasteiger charge is 2.09. The number of benzene rings is 1. The second-order valence-electron chi connectivity index (χ2n) is 3.29. The van der Waals surface area contributed by atoms with Crippen molar-refractivity contribution in [1.82, 2.24) is 0 Å². The molecule has 3 heteroatoms. The average molecular weight is 204 g/mol. The van der Waals surface area contributed by atoms with Crippen molar-refractivity contribution in [2.45, 2.75) is 19.8 Å². The normalized spacial score (nSPS) is 12.9. The van der Waals surface area contributed by atoms with Gasteiger partial charge in [0.15, 0.2) is 0 Å². The molecule has 0 N–H and O–H groups in total. The summed E-state index contributed by atoms with van der Waals surface area (Å²) in [5, 5.41) is 0. The Morgan fingerprint density at radius 3 is 3.20 bits per heavy atom. The van der Waals surface area contributed by atoms with Crippen LogP contribution in [0.25, 0.3) is 0 Å². The second-order valence-corrected chi connectivity index (χ2v) is 3.29. The minimum absolute atomic E-state index is 0.220. The number of carbonyl (C=O) groups is 1. The molecule has 1 aliphatic rings. The van der Waals surface area contributed by atoms with Gasteiger partial charge >= 0.3 is 5.97 Å². The van der Waals surface area contributed by atoms with Crippen molar-refractivity contribution >= 4 is 5.97 Å². The molecule has 0 unspecified atom stereocenters. The molecule has 1 aliphatic heterocycles. The smallest absolute Gasteiger partial charge is 0.310 e. The van der Waals surface area contributed by atoms with Crippen LogP contribution in [-0.4, -0.2) is 5.97 Å². The topological polar surface area (TPSA) is 35.5 Å². The molecule has 0 fully saturated rings. The third-order valence-electron chi connectivity index (χ3n) is 2.18. The summed E-state index contributed by atoms with van der Waals surface area (Å²) in [5.74, 6) is 1.19. The Balaban J connectivity index is 2.19. The van der Waals surface area contributed by atoms with Crippen LogP contribution in [0.2, 0.25) is 0 Å². The fraction of sp³-hybridized carbons (Fsp3) is 0.250.